The highest BCUT2D eigenvalue weighted by Gasteiger charge is 2.28. The Labute approximate surface area is 180 Å². The Morgan fingerprint density at radius 1 is 1.19 bits per heavy atom. The summed E-state index contributed by atoms with van der Waals surface area (Å²) in [6.45, 7) is 2.42. The largest absolute Gasteiger partial charge is 0.375 e. The number of carbonyl (C=O) groups is 1. The summed E-state index contributed by atoms with van der Waals surface area (Å²) in [5.74, 6) is 0.857. The van der Waals surface area contributed by atoms with Crippen LogP contribution >= 0.6 is 0 Å². The minimum absolute atomic E-state index is 0.0289. The van der Waals surface area contributed by atoms with Gasteiger partial charge in [0.05, 0.1) is 18.8 Å². The van der Waals surface area contributed by atoms with Gasteiger partial charge in [-0.3, -0.25) is 9.89 Å². The number of H-pyrrole nitrogens is 1. The molecule has 3 aromatic rings. The summed E-state index contributed by atoms with van der Waals surface area (Å²) >= 11 is 0. The molecule has 9 nitrogen and oxygen atoms in total. The number of rotatable bonds is 7. The average Bonchev–Trinajstić information content (AvgIpc) is 3.54. The maximum absolute atomic E-state index is 12.8. The highest BCUT2D eigenvalue weighted by atomic mass is 16.5. The van der Waals surface area contributed by atoms with Gasteiger partial charge < -0.3 is 15.0 Å². The second kappa shape index (κ2) is 8.81. The van der Waals surface area contributed by atoms with Gasteiger partial charge in [0.25, 0.3) is 5.91 Å². The molecule has 1 aromatic carbocycles. The fourth-order valence-corrected chi connectivity index (χ4v) is 4.32. The predicted octanol–water partition coefficient (Wildman–Crippen LogP) is 1.85. The van der Waals surface area contributed by atoms with Crippen LogP contribution in [-0.4, -0.2) is 61.9 Å². The van der Waals surface area contributed by atoms with E-state index in [0.29, 0.717) is 37.2 Å². The smallest absolute Gasteiger partial charge is 0.257 e. The molecule has 2 aliphatic rings. The van der Waals surface area contributed by atoms with Crippen LogP contribution in [0, 0.1) is 5.92 Å². The number of nitrogens with one attached hydrogen (secondary N) is 2. The third kappa shape index (κ3) is 4.56. The molecule has 1 amide bonds. The van der Waals surface area contributed by atoms with Gasteiger partial charge >= 0.3 is 0 Å². The Morgan fingerprint density at radius 3 is 2.68 bits per heavy atom. The van der Waals surface area contributed by atoms with Crippen LogP contribution in [-0.2, 0) is 24.2 Å². The van der Waals surface area contributed by atoms with Crippen LogP contribution in [0.15, 0.2) is 42.9 Å². The van der Waals surface area contributed by atoms with E-state index < -0.39 is 0 Å². The number of aromatic amines is 1. The van der Waals surface area contributed by atoms with Crippen molar-refractivity contribution in [1.82, 2.24) is 30.3 Å². The number of hydrogen-bond acceptors (Lipinski definition) is 7. The first-order valence-corrected chi connectivity index (χ1v) is 10.6. The van der Waals surface area contributed by atoms with Crippen LogP contribution in [0.5, 0.6) is 0 Å². The zero-order valence-corrected chi connectivity index (χ0v) is 17.2. The molecule has 0 bridgehead atoms. The molecule has 2 N–H and O–H groups in total. The molecule has 160 valence electrons. The third-order valence-electron chi connectivity index (χ3n) is 5.93. The van der Waals surface area contributed by atoms with Crippen LogP contribution in [0.2, 0.25) is 0 Å². The number of fused-ring (bicyclic) bond motifs is 1. The lowest BCUT2D eigenvalue weighted by Crippen LogP contribution is -2.29. The lowest BCUT2D eigenvalue weighted by Gasteiger charge is -2.17. The lowest BCUT2D eigenvalue weighted by molar-refractivity contribution is 0.0727. The van der Waals surface area contributed by atoms with Crippen LogP contribution in [0.1, 0.15) is 33.6 Å². The minimum Gasteiger partial charge on any atom is -0.375 e. The van der Waals surface area contributed by atoms with Crippen LogP contribution in [0.25, 0.3) is 0 Å². The van der Waals surface area contributed by atoms with Crippen molar-refractivity contribution in [2.24, 2.45) is 5.92 Å². The van der Waals surface area contributed by atoms with Crippen LogP contribution < -0.4 is 5.32 Å². The number of hydrogen-bond donors (Lipinski definition) is 2. The molecule has 1 fully saturated rings. The first kappa shape index (κ1) is 19.6. The van der Waals surface area contributed by atoms with Gasteiger partial charge in [0.15, 0.2) is 0 Å². The molecule has 9 heteroatoms. The molecule has 0 radical (unpaired) electrons. The van der Waals surface area contributed by atoms with E-state index in [0.717, 1.165) is 31.5 Å². The molecule has 31 heavy (non-hydrogen) atoms. The van der Waals surface area contributed by atoms with Crippen molar-refractivity contribution in [2.45, 2.75) is 31.9 Å². The fraction of sp³-hybridized carbons (Fsp3) is 0.409. The Bertz CT molecular complexity index is 998. The Hall–Kier alpha value is -3.33. The maximum Gasteiger partial charge on any atom is 0.257 e. The monoisotopic (exact) mass is 419 g/mol. The number of anilines is 1. The molecule has 0 spiro atoms. The van der Waals surface area contributed by atoms with Gasteiger partial charge in [0.2, 0.25) is 5.95 Å². The summed E-state index contributed by atoms with van der Waals surface area (Å²) in [6, 6.07) is 8.77. The zero-order valence-electron chi connectivity index (χ0n) is 17.2. The van der Waals surface area contributed by atoms with Crippen molar-refractivity contribution in [3.8, 4) is 0 Å². The fourth-order valence-electron chi connectivity index (χ4n) is 4.32. The summed E-state index contributed by atoms with van der Waals surface area (Å²) < 4.78 is 5.70. The zero-order chi connectivity index (χ0) is 21.0. The molecule has 3 heterocycles. The van der Waals surface area contributed by atoms with Crippen LogP contribution in [0.4, 0.5) is 5.95 Å². The number of likely N-dealkylation sites (tertiary alicyclic amines) is 1. The molecule has 1 unspecified atom stereocenters. The number of benzene rings is 1. The molecule has 1 atom stereocenters. The maximum atomic E-state index is 12.8. The molecular formula is C22H25N7O2. The highest BCUT2D eigenvalue weighted by Crippen LogP contribution is 2.24. The molecule has 1 aliphatic carbocycles. The number of carbonyl (C=O) groups excluding carboxylic acids is 1. The van der Waals surface area contributed by atoms with Gasteiger partial charge in [-0.05, 0) is 30.4 Å². The van der Waals surface area contributed by atoms with Gasteiger partial charge in [-0.2, -0.15) is 0 Å². The van der Waals surface area contributed by atoms with Gasteiger partial charge in [-0.15, -0.1) is 5.10 Å². The Kier molecular flexibility index (Phi) is 5.57. The molecule has 1 aliphatic heterocycles. The summed E-state index contributed by atoms with van der Waals surface area (Å²) in [5, 5.41) is 13.6. The van der Waals surface area contributed by atoms with Crippen molar-refractivity contribution in [3.05, 3.63) is 65.2 Å². The van der Waals surface area contributed by atoms with Crippen molar-refractivity contribution in [1.29, 1.82) is 0 Å². The van der Waals surface area contributed by atoms with Gasteiger partial charge in [-0.25, -0.2) is 9.97 Å². The second-order valence-corrected chi connectivity index (χ2v) is 8.20. The summed E-state index contributed by atoms with van der Waals surface area (Å²) in [6.07, 6.45) is 7.81. The van der Waals surface area contributed by atoms with E-state index >= 15 is 0 Å². The average molecular weight is 419 g/mol. The number of nitrogens with zero attached hydrogens (tertiary/aromatic N) is 5. The summed E-state index contributed by atoms with van der Waals surface area (Å²) in [7, 11) is 0. The molecule has 5 rings (SSSR count). The van der Waals surface area contributed by atoms with Gasteiger partial charge in [0, 0.05) is 43.6 Å². The van der Waals surface area contributed by atoms with Gasteiger partial charge in [0.1, 0.15) is 5.69 Å². The third-order valence-corrected chi connectivity index (χ3v) is 5.93. The van der Waals surface area contributed by atoms with Crippen molar-refractivity contribution in [2.75, 3.05) is 25.0 Å². The van der Waals surface area contributed by atoms with Gasteiger partial charge in [-0.1, -0.05) is 29.5 Å². The van der Waals surface area contributed by atoms with E-state index in [1.165, 1.54) is 11.1 Å². The lowest BCUT2D eigenvalue weighted by atomic mass is 10.1. The Morgan fingerprint density at radius 2 is 1.97 bits per heavy atom. The highest BCUT2D eigenvalue weighted by molar-refractivity contribution is 5.93. The van der Waals surface area contributed by atoms with E-state index in [1.807, 2.05) is 4.90 Å². The van der Waals surface area contributed by atoms with E-state index in [9.17, 15) is 4.79 Å². The first-order valence-electron chi connectivity index (χ1n) is 10.6. The normalized spacial score (nSPS) is 18.3. The Balaban J connectivity index is 1.10. The quantitative estimate of drug-likeness (QED) is 0.602. The summed E-state index contributed by atoms with van der Waals surface area (Å²) in [5.41, 5.74) is 4.04. The molecule has 0 saturated carbocycles. The van der Waals surface area contributed by atoms with E-state index in [2.05, 4.69) is 55.0 Å². The topological polar surface area (TPSA) is 109 Å². The second-order valence-electron chi connectivity index (χ2n) is 8.20. The number of aromatic nitrogens is 5. The SMILES string of the molecule is O=C(c1cnc(NC2Cc3ccccc3C2)nc1)N1CCC(COCc2c[nH]nn2)C1. The summed E-state index contributed by atoms with van der Waals surface area (Å²) in [4.78, 5) is 23.4. The first-order chi connectivity index (χ1) is 15.2. The van der Waals surface area contributed by atoms with Crippen molar-refractivity contribution >= 4 is 11.9 Å². The minimum atomic E-state index is -0.0289. The molecular weight excluding hydrogens is 394 g/mol. The van der Waals surface area contributed by atoms with Crippen molar-refractivity contribution in [3.63, 3.8) is 0 Å². The van der Waals surface area contributed by atoms with E-state index in [4.69, 9.17) is 4.74 Å². The number of amides is 1. The van der Waals surface area contributed by atoms with E-state index in [1.54, 1.807) is 18.6 Å². The standard InChI is InChI=1S/C22H25N7O2/c30-21(29-6-5-15(12-29)13-31-14-20-11-25-28-27-20)18-9-23-22(24-10-18)26-19-7-16-3-1-2-4-17(16)8-19/h1-4,9-11,15,19H,5-8,12-14H2,(H,23,24,26)(H,25,27,28). The van der Waals surface area contributed by atoms with Crippen LogP contribution in [0.3, 0.4) is 0 Å². The molecule has 1 saturated heterocycles. The predicted molar refractivity (Wildman–Crippen MR) is 113 cm³/mol. The van der Waals surface area contributed by atoms with Crippen molar-refractivity contribution < 1.29 is 9.53 Å². The molecule has 2 aromatic heterocycles. The van der Waals surface area contributed by atoms with E-state index in [-0.39, 0.29) is 11.9 Å². The number of ether oxygens (including phenoxy) is 1.